The quantitative estimate of drug-likeness (QED) is 0.819. The molecule has 122 valence electrons. The van der Waals surface area contributed by atoms with Crippen molar-refractivity contribution in [2.24, 2.45) is 5.92 Å². The number of rotatable bonds is 5. The van der Waals surface area contributed by atoms with Crippen LogP contribution in [0.5, 0.6) is 0 Å². The first-order valence-electron chi connectivity index (χ1n) is 6.42. The fourth-order valence-corrected chi connectivity index (χ4v) is 1.82. The Morgan fingerprint density at radius 3 is 2.27 bits per heavy atom. The molecular weight excluding hydrogens is 306 g/mol. The Morgan fingerprint density at radius 1 is 1.23 bits per heavy atom. The van der Waals surface area contributed by atoms with Crippen LogP contribution in [-0.2, 0) is 11.0 Å². The number of carbonyl (C=O) groups is 2. The van der Waals surface area contributed by atoms with Crippen LogP contribution in [0.1, 0.15) is 36.2 Å². The Kier molecular flexibility index (Phi) is 5.51. The van der Waals surface area contributed by atoms with Crippen molar-refractivity contribution >= 4 is 11.9 Å². The molecular formula is C14H15F4NO3. The molecule has 1 atom stereocenters. The largest absolute Gasteiger partial charge is 0.480 e. The smallest absolute Gasteiger partial charge is 0.416 e. The van der Waals surface area contributed by atoms with Gasteiger partial charge in [-0.05, 0) is 30.5 Å². The number of halogens is 4. The third kappa shape index (κ3) is 5.01. The van der Waals surface area contributed by atoms with E-state index in [0.717, 1.165) is 0 Å². The van der Waals surface area contributed by atoms with Gasteiger partial charge in [-0.2, -0.15) is 13.2 Å². The number of benzene rings is 1. The number of carboxylic acids is 1. The van der Waals surface area contributed by atoms with Crippen molar-refractivity contribution in [3.8, 4) is 0 Å². The van der Waals surface area contributed by atoms with E-state index in [1.54, 1.807) is 13.8 Å². The van der Waals surface area contributed by atoms with Crippen molar-refractivity contribution in [2.45, 2.75) is 32.5 Å². The normalized spacial score (nSPS) is 13.0. The number of hydrogen-bond donors (Lipinski definition) is 2. The van der Waals surface area contributed by atoms with Gasteiger partial charge < -0.3 is 10.4 Å². The highest BCUT2D eigenvalue weighted by molar-refractivity contribution is 5.96. The van der Waals surface area contributed by atoms with Gasteiger partial charge in [0.25, 0.3) is 5.91 Å². The van der Waals surface area contributed by atoms with E-state index in [1.165, 1.54) is 0 Å². The molecule has 0 saturated heterocycles. The van der Waals surface area contributed by atoms with E-state index in [1.807, 2.05) is 0 Å². The number of carbonyl (C=O) groups excluding carboxylic acids is 1. The van der Waals surface area contributed by atoms with Crippen molar-refractivity contribution in [3.63, 3.8) is 0 Å². The van der Waals surface area contributed by atoms with Crippen molar-refractivity contribution in [3.05, 3.63) is 35.1 Å². The lowest BCUT2D eigenvalue weighted by Gasteiger charge is -2.17. The maximum Gasteiger partial charge on any atom is 0.416 e. The SMILES string of the molecule is CC(C)C[C@H](NC(=O)c1cc(F)cc(C(F)(F)F)c1)C(=O)O. The highest BCUT2D eigenvalue weighted by Gasteiger charge is 2.32. The second-order valence-electron chi connectivity index (χ2n) is 5.22. The van der Waals surface area contributed by atoms with E-state index in [2.05, 4.69) is 5.32 Å². The van der Waals surface area contributed by atoms with E-state index in [-0.39, 0.29) is 18.4 Å². The van der Waals surface area contributed by atoms with Crippen LogP contribution in [0.2, 0.25) is 0 Å². The summed E-state index contributed by atoms with van der Waals surface area (Å²) >= 11 is 0. The Bertz CT molecular complexity index is 570. The fourth-order valence-electron chi connectivity index (χ4n) is 1.82. The zero-order valence-corrected chi connectivity index (χ0v) is 11.9. The van der Waals surface area contributed by atoms with Crippen molar-refractivity contribution < 1.29 is 32.3 Å². The molecule has 0 aliphatic rings. The van der Waals surface area contributed by atoms with Crippen molar-refractivity contribution in [1.82, 2.24) is 5.32 Å². The summed E-state index contributed by atoms with van der Waals surface area (Å²) in [5.74, 6) is -3.66. The summed E-state index contributed by atoms with van der Waals surface area (Å²) in [5, 5.41) is 11.1. The first-order valence-corrected chi connectivity index (χ1v) is 6.42. The van der Waals surface area contributed by atoms with Crippen LogP contribution in [0.15, 0.2) is 18.2 Å². The third-order valence-corrected chi connectivity index (χ3v) is 2.80. The highest BCUT2D eigenvalue weighted by atomic mass is 19.4. The standard InChI is InChI=1S/C14H15F4NO3/c1-7(2)3-11(13(21)22)19-12(20)8-4-9(14(16,17)18)6-10(15)5-8/h4-7,11H,3H2,1-2H3,(H,19,20)(H,21,22)/t11-/m0/s1. The van der Waals surface area contributed by atoms with Gasteiger partial charge in [0.05, 0.1) is 5.56 Å². The van der Waals surface area contributed by atoms with E-state index in [0.29, 0.717) is 12.1 Å². The molecule has 8 heteroatoms. The lowest BCUT2D eigenvalue weighted by molar-refractivity contribution is -0.140. The predicted octanol–water partition coefficient (Wildman–Crippen LogP) is 3.07. The number of hydrogen-bond acceptors (Lipinski definition) is 2. The van der Waals surface area contributed by atoms with Crippen molar-refractivity contribution in [1.29, 1.82) is 0 Å². The summed E-state index contributed by atoms with van der Waals surface area (Å²) in [6.07, 6.45) is -4.70. The van der Waals surface area contributed by atoms with Gasteiger partial charge in [-0.1, -0.05) is 13.8 Å². The van der Waals surface area contributed by atoms with Crippen molar-refractivity contribution in [2.75, 3.05) is 0 Å². The molecule has 0 spiro atoms. The van der Waals surface area contributed by atoms with Crippen LogP contribution in [0.3, 0.4) is 0 Å². The first kappa shape index (κ1) is 17.9. The molecule has 0 fully saturated rings. The van der Waals surface area contributed by atoms with Crippen LogP contribution < -0.4 is 5.32 Å². The van der Waals surface area contributed by atoms with Crippen LogP contribution in [0.4, 0.5) is 17.6 Å². The van der Waals surface area contributed by atoms with E-state index in [4.69, 9.17) is 5.11 Å². The first-order chi connectivity index (χ1) is 10.0. The monoisotopic (exact) mass is 321 g/mol. The van der Waals surface area contributed by atoms with Crippen LogP contribution in [-0.4, -0.2) is 23.0 Å². The zero-order valence-electron chi connectivity index (χ0n) is 11.9. The zero-order chi connectivity index (χ0) is 17.1. The number of alkyl halides is 3. The molecule has 1 rings (SSSR count). The number of carboxylic acid groups (broad SMARTS) is 1. The Balaban J connectivity index is 3.02. The molecule has 1 amide bonds. The number of amides is 1. The molecule has 4 nitrogen and oxygen atoms in total. The molecule has 1 aromatic rings. The average Bonchev–Trinajstić information content (AvgIpc) is 2.35. The van der Waals surface area contributed by atoms with E-state index >= 15 is 0 Å². The topological polar surface area (TPSA) is 66.4 Å². The molecule has 0 saturated carbocycles. The molecule has 22 heavy (non-hydrogen) atoms. The molecule has 0 aliphatic heterocycles. The summed E-state index contributed by atoms with van der Waals surface area (Å²) in [5.41, 5.74) is -1.89. The second kappa shape index (κ2) is 6.76. The Labute approximate surface area is 124 Å². The molecule has 1 aromatic carbocycles. The molecule has 0 bridgehead atoms. The predicted molar refractivity (Wildman–Crippen MR) is 69.7 cm³/mol. The van der Waals surface area contributed by atoms with Crippen LogP contribution in [0, 0.1) is 11.7 Å². The maximum atomic E-state index is 13.2. The van der Waals surface area contributed by atoms with Gasteiger partial charge in [0, 0.05) is 5.56 Å². The van der Waals surface area contributed by atoms with Crippen LogP contribution >= 0.6 is 0 Å². The van der Waals surface area contributed by atoms with Gasteiger partial charge in [-0.25, -0.2) is 9.18 Å². The van der Waals surface area contributed by atoms with Gasteiger partial charge in [-0.3, -0.25) is 4.79 Å². The summed E-state index contributed by atoms with van der Waals surface area (Å²) in [6.45, 7) is 3.46. The molecule has 0 radical (unpaired) electrons. The lowest BCUT2D eigenvalue weighted by Crippen LogP contribution is -2.41. The summed E-state index contributed by atoms with van der Waals surface area (Å²) in [4.78, 5) is 22.9. The molecule has 0 aliphatic carbocycles. The Morgan fingerprint density at radius 2 is 1.82 bits per heavy atom. The van der Waals surface area contributed by atoms with Gasteiger partial charge in [-0.15, -0.1) is 0 Å². The minimum Gasteiger partial charge on any atom is -0.480 e. The van der Waals surface area contributed by atoms with E-state index < -0.39 is 41.0 Å². The van der Waals surface area contributed by atoms with E-state index in [9.17, 15) is 27.2 Å². The molecule has 0 unspecified atom stereocenters. The lowest BCUT2D eigenvalue weighted by atomic mass is 10.0. The molecule has 0 aromatic heterocycles. The highest BCUT2D eigenvalue weighted by Crippen LogP contribution is 2.30. The summed E-state index contributed by atoms with van der Waals surface area (Å²) in [7, 11) is 0. The molecule has 0 heterocycles. The van der Waals surface area contributed by atoms with Gasteiger partial charge in [0.1, 0.15) is 11.9 Å². The summed E-state index contributed by atoms with van der Waals surface area (Å²) < 4.78 is 51.0. The minimum atomic E-state index is -4.80. The third-order valence-electron chi connectivity index (χ3n) is 2.80. The number of nitrogens with one attached hydrogen (secondary N) is 1. The molecule has 2 N–H and O–H groups in total. The summed E-state index contributed by atoms with van der Waals surface area (Å²) in [6, 6.07) is 0.107. The minimum absolute atomic E-state index is 0.0559. The van der Waals surface area contributed by atoms with Crippen LogP contribution in [0.25, 0.3) is 0 Å². The van der Waals surface area contributed by atoms with Gasteiger partial charge in [0.2, 0.25) is 0 Å². The van der Waals surface area contributed by atoms with Gasteiger partial charge in [0.15, 0.2) is 0 Å². The Hall–Kier alpha value is -2.12. The fraction of sp³-hybridized carbons (Fsp3) is 0.429. The maximum absolute atomic E-state index is 13.2. The number of aliphatic carboxylic acids is 1. The average molecular weight is 321 g/mol. The second-order valence-corrected chi connectivity index (χ2v) is 5.22. The van der Waals surface area contributed by atoms with Gasteiger partial charge >= 0.3 is 12.1 Å².